The first-order chi connectivity index (χ1) is 7.67. The van der Waals surface area contributed by atoms with Gasteiger partial charge in [0.05, 0.1) is 19.9 Å². The number of halogens is 1. The number of pyridine rings is 1. The molecule has 88 valence electrons. The van der Waals surface area contributed by atoms with Gasteiger partial charge in [0.2, 0.25) is 0 Å². The Kier molecular flexibility index (Phi) is 5.04. The summed E-state index contributed by atoms with van der Waals surface area (Å²) in [7, 11) is 1.50. The monoisotopic (exact) mass is 289 g/mol. The zero-order valence-corrected chi connectivity index (χ0v) is 10.6. The third-order valence-electron chi connectivity index (χ3n) is 1.67. The Hall–Kier alpha value is -1.30. The van der Waals surface area contributed by atoms with Gasteiger partial charge in [-0.2, -0.15) is 0 Å². The number of ether oxygens (including phenoxy) is 3. The standard InChI is InChI=1S/C10H12BrNO4/c1-3-15-10(13)6-16-7-4-9(11)12-5-8(7)14-2/h4-5H,3,6H2,1-2H3. The summed E-state index contributed by atoms with van der Waals surface area (Å²) in [4.78, 5) is 15.1. The fourth-order valence-electron chi connectivity index (χ4n) is 1.01. The molecule has 0 saturated carbocycles. The Balaban J connectivity index is 2.65. The number of carbonyl (C=O) groups excluding carboxylic acids is 1. The number of hydrogen-bond acceptors (Lipinski definition) is 5. The second kappa shape index (κ2) is 6.32. The quantitative estimate of drug-likeness (QED) is 0.611. The maximum Gasteiger partial charge on any atom is 0.344 e. The van der Waals surface area contributed by atoms with E-state index in [9.17, 15) is 4.79 Å². The summed E-state index contributed by atoms with van der Waals surface area (Å²) in [5, 5.41) is 0. The molecule has 0 aliphatic carbocycles. The van der Waals surface area contributed by atoms with Crippen LogP contribution < -0.4 is 9.47 Å². The highest BCUT2D eigenvalue weighted by Crippen LogP contribution is 2.28. The fraction of sp³-hybridized carbons (Fsp3) is 0.400. The smallest absolute Gasteiger partial charge is 0.344 e. The Labute approximate surface area is 102 Å². The van der Waals surface area contributed by atoms with E-state index in [-0.39, 0.29) is 6.61 Å². The highest BCUT2D eigenvalue weighted by atomic mass is 79.9. The lowest BCUT2D eigenvalue weighted by Crippen LogP contribution is -2.14. The van der Waals surface area contributed by atoms with Gasteiger partial charge in [-0.15, -0.1) is 0 Å². The Morgan fingerprint density at radius 1 is 1.50 bits per heavy atom. The highest BCUT2D eigenvalue weighted by Gasteiger charge is 2.09. The van der Waals surface area contributed by atoms with E-state index in [4.69, 9.17) is 14.2 Å². The van der Waals surface area contributed by atoms with E-state index in [0.29, 0.717) is 22.7 Å². The number of aromatic nitrogens is 1. The minimum Gasteiger partial charge on any atom is -0.491 e. The van der Waals surface area contributed by atoms with E-state index in [1.807, 2.05) is 0 Å². The van der Waals surface area contributed by atoms with Gasteiger partial charge >= 0.3 is 5.97 Å². The van der Waals surface area contributed by atoms with E-state index >= 15 is 0 Å². The van der Waals surface area contributed by atoms with Crippen molar-refractivity contribution in [3.63, 3.8) is 0 Å². The molecule has 0 bridgehead atoms. The van der Waals surface area contributed by atoms with Crippen LogP contribution in [0.1, 0.15) is 6.92 Å². The third kappa shape index (κ3) is 3.69. The van der Waals surface area contributed by atoms with Crippen LogP contribution in [-0.2, 0) is 9.53 Å². The molecule has 0 spiro atoms. The minimum absolute atomic E-state index is 0.152. The molecule has 0 amide bonds. The molecule has 0 unspecified atom stereocenters. The van der Waals surface area contributed by atoms with Gasteiger partial charge < -0.3 is 14.2 Å². The second-order valence-corrected chi connectivity index (χ2v) is 3.56. The molecule has 6 heteroatoms. The van der Waals surface area contributed by atoms with E-state index in [1.165, 1.54) is 13.3 Å². The SMILES string of the molecule is CCOC(=O)COc1cc(Br)ncc1OC. The van der Waals surface area contributed by atoms with Gasteiger partial charge in [-0.3, -0.25) is 0 Å². The molecule has 1 rings (SSSR count). The maximum atomic E-state index is 11.1. The number of hydrogen-bond donors (Lipinski definition) is 0. The van der Waals surface area contributed by atoms with Crippen LogP contribution in [0.4, 0.5) is 0 Å². The van der Waals surface area contributed by atoms with Crippen molar-refractivity contribution in [2.24, 2.45) is 0 Å². The molecule has 1 heterocycles. The van der Waals surface area contributed by atoms with Gasteiger partial charge in [-0.05, 0) is 22.9 Å². The van der Waals surface area contributed by atoms with Crippen LogP contribution in [-0.4, -0.2) is 31.3 Å². The highest BCUT2D eigenvalue weighted by molar-refractivity contribution is 9.10. The van der Waals surface area contributed by atoms with Crippen LogP contribution in [0.25, 0.3) is 0 Å². The molecule has 1 aromatic rings. The second-order valence-electron chi connectivity index (χ2n) is 2.75. The molecule has 1 aromatic heterocycles. The van der Waals surface area contributed by atoms with Gasteiger partial charge in [-0.25, -0.2) is 9.78 Å². The van der Waals surface area contributed by atoms with Crippen LogP contribution in [0.2, 0.25) is 0 Å². The van der Waals surface area contributed by atoms with Crippen molar-refractivity contribution in [2.75, 3.05) is 20.3 Å². The first-order valence-corrected chi connectivity index (χ1v) is 5.44. The van der Waals surface area contributed by atoms with Crippen molar-refractivity contribution in [1.82, 2.24) is 4.98 Å². The number of nitrogens with zero attached hydrogens (tertiary/aromatic N) is 1. The largest absolute Gasteiger partial charge is 0.491 e. The minimum atomic E-state index is -0.419. The van der Waals surface area contributed by atoms with Crippen LogP contribution in [0.15, 0.2) is 16.9 Å². The van der Waals surface area contributed by atoms with E-state index in [2.05, 4.69) is 20.9 Å². The Morgan fingerprint density at radius 2 is 2.25 bits per heavy atom. The Morgan fingerprint density at radius 3 is 2.88 bits per heavy atom. The predicted molar refractivity (Wildman–Crippen MR) is 60.6 cm³/mol. The van der Waals surface area contributed by atoms with Crippen molar-refractivity contribution in [2.45, 2.75) is 6.92 Å². The molecular formula is C10H12BrNO4. The van der Waals surface area contributed by atoms with Gasteiger partial charge in [0.1, 0.15) is 4.60 Å². The normalized spacial score (nSPS) is 9.69. The summed E-state index contributed by atoms with van der Waals surface area (Å²) < 4.78 is 15.6. The summed E-state index contributed by atoms with van der Waals surface area (Å²) in [6.07, 6.45) is 1.50. The molecule has 0 aliphatic heterocycles. The van der Waals surface area contributed by atoms with E-state index < -0.39 is 5.97 Å². The first kappa shape index (κ1) is 12.8. The first-order valence-electron chi connectivity index (χ1n) is 4.65. The number of carbonyl (C=O) groups is 1. The predicted octanol–water partition coefficient (Wildman–Crippen LogP) is 1.79. The average molecular weight is 290 g/mol. The summed E-state index contributed by atoms with van der Waals surface area (Å²) >= 11 is 3.20. The molecule has 16 heavy (non-hydrogen) atoms. The van der Waals surface area contributed by atoms with Gasteiger partial charge in [0.25, 0.3) is 0 Å². The topological polar surface area (TPSA) is 57.7 Å². The number of methoxy groups -OCH3 is 1. The van der Waals surface area contributed by atoms with E-state index in [1.54, 1.807) is 13.0 Å². The lowest BCUT2D eigenvalue weighted by atomic mass is 10.4. The number of esters is 1. The van der Waals surface area contributed by atoms with Crippen LogP contribution in [0, 0.1) is 0 Å². The summed E-state index contributed by atoms with van der Waals surface area (Å²) in [5.74, 6) is 0.488. The molecule has 0 radical (unpaired) electrons. The summed E-state index contributed by atoms with van der Waals surface area (Å²) in [5.41, 5.74) is 0. The van der Waals surface area contributed by atoms with Crippen molar-refractivity contribution in [1.29, 1.82) is 0 Å². The Bertz CT molecular complexity index is 370. The molecule has 0 saturated heterocycles. The number of rotatable bonds is 5. The van der Waals surface area contributed by atoms with Crippen molar-refractivity contribution in [3.8, 4) is 11.5 Å². The van der Waals surface area contributed by atoms with E-state index in [0.717, 1.165) is 0 Å². The lowest BCUT2D eigenvalue weighted by molar-refractivity contribution is -0.145. The zero-order valence-electron chi connectivity index (χ0n) is 9.03. The third-order valence-corrected chi connectivity index (χ3v) is 2.10. The van der Waals surface area contributed by atoms with Crippen LogP contribution in [0.3, 0.4) is 0 Å². The average Bonchev–Trinajstić information content (AvgIpc) is 2.27. The molecule has 0 N–H and O–H groups in total. The fourth-order valence-corrected chi connectivity index (χ4v) is 1.32. The van der Waals surface area contributed by atoms with Gasteiger partial charge in [-0.1, -0.05) is 0 Å². The summed E-state index contributed by atoms with van der Waals surface area (Å²) in [6.45, 7) is 1.92. The maximum absolute atomic E-state index is 11.1. The molecular weight excluding hydrogens is 278 g/mol. The van der Waals surface area contributed by atoms with Crippen molar-refractivity contribution in [3.05, 3.63) is 16.9 Å². The lowest BCUT2D eigenvalue weighted by Gasteiger charge is -2.09. The molecule has 0 aromatic carbocycles. The molecule has 0 fully saturated rings. The van der Waals surface area contributed by atoms with Crippen LogP contribution in [0.5, 0.6) is 11.5 Å². The molecule has 0 atom stereocenters. The van der Waals surface area contributed by atoms with Gasteiger partial charge in [0.15, 0.2) is 18.1 Å². The molecule has 0 aliphatic rings. The summed E-state index contributed by atoms with van der Waals surface area (Å²) in [6, 6.07) is 1.62. The van der Waals surface area contributed by atoms with Gasteiger partial charge in [0, 0.05) is 6.07 Å². The van der Waals surface area contributed by atoms with Crippen molar-refractivity contribution < 1.29 is 19.0 Å². The van der Waals surface area contributed by atoms with Crippen LogP contribution >= 0.6 is 15.9 Å². The molecule has 5 nitrogen and oxygen atoms in total. The van der Waals surface area contributed by atoms with Crippen molar-refractivity contribution >= 4 is 21.9 Å². The zero-order chi connectivity index (χ0) is 12.0.